The lowest BCUT2D eigenvalue weighted by Gasteiger charge is -2.27. The standard InChI is InChI=1S/C25H26N4O5S2.ClH/c1-16-4-6-19(33-2)22-23(16)36-25(26-22)28(9-3-8-27-10-12-34-13-11-27)24(30)21-15-17-14-18(29(31)32)5-7-20(17)35-21;/h4-7,14-15H,3,8-13H2,1-2H3;1H. The van der Waals surface area contributed by atoms with E-state index in [1.165, 1.54) is 34.8 Å². The number of amides is 1. The summed E-state index contributed by atoms with van der Waals surface area (Å²) >= 11 is 2.82. The van der Waals surface area contributed by atoms with E-state index in [2.05, 4.69) is 4.90 Å². The summed E-state index contributed by atoms with van der Waals surface area (Å²) in [4.78, 5) is 34.0. The van der Waals surface area contributed by atoms with Crippen LogP contribution in [0.25, 0.3) is 20.3 Å². The van der Waals surface area contributed by atoms with Gasteiger partial charge in [0.25, 0.3) is 11.6 Å². The number of nitro groups is 1. The molecule has 1 aliphatic rings. The van der Waals surface area contributed by atoms with E-state index >= 15 is 0 Å². The number of rotatable bonds is 8. The monoisotopic (exact) mass is 562 g/mol. The third-order valence-corrected chi connectivity index (χ3v) is 8.59. The summed E-state index contributed by atoms with van der Waals surface area (Å²) in [6.45, 7) is 6.63. The number of morpholine rings is 1. The number of benzene rings is 2. The number of hydrogen-bond acceptors (Lipinski definition) is 9. The molecular weight excluding hydrogens is 536 g/mol. The first-order chi connectivity index (χ1) is 17.4. The zero-order valence-electron chi connectivity index (χ0n) is 20.5. The van der Waals surface area contributed by atoms with Crippen LogP contribution in [0.2, 0.25) is 0 Å². The predicted octanol–water partition coefficient (Wildman–Crippen LogP) is 5.53. The van der Waals surface area contributed by atoms with Crippen molar-refractivity contribution in [3.8, 4) is 5.75 Å². The van der Waals surface area contributed by atoms with Gasteiger partial charge in [-0.3, -0.25) is 24.7 Å². The van der Waals surface area contributed by atoms with Crippen LogP contribution in [-0.2, 0) is 4.74 Å². The predicted molar refractivity (Wildman–Crippen MR) is 150 cm³/mol. The van der Waals surface area contributed by atoms with Crippen LogP contribution in [0.15, 0.2) is 36.4 Å². The number of thiophene rings is 1. The van der Waals surface area contributed by atoms with Crippen molar-refractivity contribution in [1.29, 1.82) is 0 Å². The van der Waals surface area contributed by atoms with E-state index in [4.69, 9.17) is 14.5 Å². The summed E-state index contributed by atoms with van der Waals surface area (Å²) in [5.41, 5.74) is 1.83. The molecule has 0 atom stereocenters. The number of halogens is 1. The Bertz CT molecular complexity index is 1430. The average molecular weight is 563 g/mol. The van der Waals surface area contributed by atoms with Gasteiger partial charge in [-0.1, -0.05) is 17.4 Å². The Morgan fingerprint density at radius 3 is 2.73 bits per heavy atom. The maximum absolute atomic E-state index is 13.8. The van der Waals surface area contributed by atoms with Crippen LogP contribution in [0.3, 0.4) is 0 Å². The number of non-ortho nitro benzene ring substituents is 1. The second kappa shape index (κ2) is 11.7. The van der Waals surface area contributed by atoms with Crippen LogP contribution in [0.5, 0.6) is 5.75 Å². The van der Waals surface area contributed by atoms with Crippen LogP contribution < -0.4 is 9.64 Å². The number of aromatic nitrogens is 1. The number of thiazole rings is 1. The number of methoxy groups -OCH3 is 1. The molecule has 2 aromatic heterocycles. The average Bonchev–Trinajstić information content (AvgIpc) is 3.52. The summed E-state index contributed by atoms with van der Waals surface area (Å²) in [6.07, 6.45) is 0.786. The fraction of sp³-hybridized carbons (Fsp3) is 0.360. The molecular formula is C25H27ClN4O5S2. The van der Waals surface area contributed by atoms with Gasteiger partial charge in [0.15, 0.2) is 5.13 Å². The Hall–Kier alpha value is -2.83. The molecule has 0 spiro atoms. The van der Waals surface area contributed by atoms with Gasteiger partial charge >= 0.3 is 0 Å². The number of hydrogen-bond donors (Lipinski definition) is 0. The summed E-state index contributed by atoms with van der Waals surface area (Å²) < 4.78 is 12.8. The first kappa shape index (κ1) is 27.2. The van der Waals surface area contributed by atoms with Crippen LogP contribution >= 0.6 is 35.1 Å². The van der Waals surface area contributed by atoms with Crippen LogP contribution in [-0.4, -0.2) is 67.2 Å². The van der Waals surface area contributed by atoms with E-state index in [0.29, 0.717) is 27.7 Å². The normalized spacial score (nSPS) is 14.0. The highest BCUT2D eigenvalue weighted by Crippen LogP contribution is 2.38. The van der Waals surface area contributed by atoms with Crippen molar-refractivity contribution in [2.24, 2.45) is 0 Å². The highest BCUT2D eigenvalue weighted by molar-refractivity contribution is 7.23. The second-order valence-corrected chi connectivity index (χ2v) is 10.7. The Morgan fingerprint density at radius 2 is 2.00 bits per heavy atom. The number of ether oxygens (including phenoxy) is 2. The smallest absolute Gasteiger partial charge is 0.270 e. The highest BCUT2D eigenvalue weighted by Gasteiger charge is 2.25. The number of carbonyl (C=O) groups excluding carboxylic acids is 1. The molecule has 12 heteroatoms. The van der Waals surface area contributed by atoms with Gasteiger partial charge in [0, 0.05) is 48.4 Å². The van der Waals surface area contributed by atoms with E-state index in [0.717, 1.165) is 59.7 Å². The lowest BCUT2D eigenvalue weighted by Crippen LogP contribution is -2.39. The van der Waals surface area contributed by atoms with Crippen molar-refractivity contribution in [2.75, 3.05) is 51.4 Å². The molecule has 0 bridgehead atoms. The molecule has 196 valence electrons. The Balaban J connectivity index is 0.00000320. The van der Waals surface area contributed by atoms with Gasteiger partial charge in [-0.2, -0.15) is 0 Å². The van der Waals surface area contributed by atoms with Crippen LogP contribution in [0.4, 0.5) is 10.8 Å². The van der Waals surface area contributed by atoms with Crippen molar-refractivity contribution < 1.29 is 19.2 Å². The van der Waals surface area contributed by atoms with E-state index in [1.54, 1.807) is 24.1 Å². The first-order valence-corrected chi connectivity index (χ1v) is 13.3. The fourth-order valence-electron chi connectivity index (χ4n) is 4.32. The lowest BCUT2D eigenvalue weighted by atomic mass is 10.2. The highest BCUT2D eigenvalue weighted by atomic mass is 35.5. The molecule has 37 heavy (non-hydrogen) atoms. The van der Waals surface area contributed by atoms with Crippen molar-refractivity contribution in [3.05, 3.63) is 57.0 Å². The maximum atomic E-state index is 13.8. The molecule has 1 fully saturated rings. The largest absolute Gasteiger partial charge is 0.494 e. The molecule has 1 amide bonds. The molecule has 1 saturated heterocycles. The molecule has 0 radical (unpaired) electrons. The molecule has 2 aromatic carbocycles. The summed E-state index contributed by atoms with van der Waals surface area (Å²) in [5.74, 6) is 0.518. The van der Waals surface area contributed by atoms with Gasteiger partial charge in [0.1, 0.15) is 11.3 Å². The van der Waals surface area contributed by atoms with E-state index in [1.807, 2.05) is 19.1 Å². The zero-order valence-corrected chi connectivity index (χ0v) is 22.9. The third-order valence-electron chi connectivity index (χ3n) is 6.27. The van der Waals surface area contributed by atoms with Crippen LogP contribution in [0, 0.1) is 17.0 Å². The molecule has 1 aliphatic heterocycles. The minimum absolute atomic E-state index is 0. The SMILES string of the molecule is COc1ccc(C)c2sc(N(CCCN3CCOCC3)C(=O)c3cc4cc([N+](=O)[O-])ccc4s3)nc12.Cl. The minimum Gasteiger partial charge on any atom is -0.494 e. The van der Waals surface area contributed by atoms with E-state index < -0.39 is 4.92 Å². The Kier molecular flexibility index (Phi) is 8.60. The minimum atomic E-state index is -0.423. The van der Waals surface area contributed by atoms with Crippen molar-refractivity contribution in [3.63, 3.8) is 0 Å². The molecule has 0 N–H and O–H groups in total. The van der Waals surface area contributed by atoms with Crippen molar-refractivity contribution >= 4 is 72.1 Å². The Morgan fingerprint density at radius 1 is 1.22 bits per heavy atom. The third kappa shape index (κ3) is 5.70. The number of aryl methyl sites for hydroxylation is 1. The second-order valence-electron chi connectivity index (χ2n) is 8.61. The summed E-state index contributed by atoms with van der Waals surface area (Å²) in [7, 11) is 1.62. The molecule has 3 heterocycles. The lowest BCUT2D eigenvalue weighted by molar-refractivity contribution is -0.384. The molecule has 5 rings (SSSR count). The van der Waals surface area contributed by atoms with Crippen molar-refractivity contribution in [1.82, 2.24) is 9.88 Å². The maximum Gasteiger partial charge on any atom is 0.270 e. The van der Waals surface area contributed by atoms with Crippen LogP contribution in [0.1, 0.15) is 21.7 Å². The summed E-state index contributed by atoms with van der Waals surface area (Å²) in [5, 5.41) is 12.5. The zero-order chi connectivity index (χ0) is 25.2. The van der Waals surface area contributed by atoms with E-state index in [-0.39, 0.29) is 24.0 Å². The topological polar surface area (TPSA) is 98.0 Å². The molecule has 0 unspecified atom stereocenters. The number of fused-ring (bicyclic) bond motifs is 2. The van der Waals surface area contributed by atoms with Gasteiger partial charge in [-0.25, -0.2) is 4.98 Å². The molecule has 4 aromatic rings. The molecule has 0 saturated carbocycles. The van der Waals surface area contributed by atoms with Gasteiger partial charge in [0.05, 0.1) is 34.8 Å². The molecule has 9 nitrogen and oxygen atoms in total. The van der Waals surface area contributed by atoms with Gasteiger partial charge < -0.3 is 9.47 Å². The van der Waals surface area contributed by atoms with Gasteiger partial charge in [-0.15, -0.1) is 23.7 Å². The van der Waals surface area contributed by atoms with E-state index in [9.17, 15) is 14.9 Å². The quantitative estimate of drug-likeness (QED) is 0.206. The number of anilines is 1. The van der Waals surface area contributed by atoms with Crippen molar-refractivity contribution in [2.45, 2.75) is 13.3 Å². The number of carbonyl (C=O) groups is 1. The number of nitrogens with zero attached hydrogens (tertiary/aromatic N) is 4. The Labute approximate surface area is 228 Å². The molecule has 0 aliphatic carbocycles. The first-order valence-electron chi connectivity index (χ1n) is 11.7. The number of nitro benzene ring substituents is 1. The fourth-order valence-corrected chi connectivity index (χ4v) is 6.39. The summed E-state index contributed by atoms with van der Waals surface area (Å²) in [6, 6.07) is 10.3. The van der Waals surface area contributed by atoms with Gasteiger partial charge in [-0.05, 0) is 37.1 Å². The van der Waals surface area contributed by atoms with Gasteiger partial charge in [0.2, 0.25) is 0 Å².